The molecule has 136 valence electrons. The second kappa shape index (κ2) is 5.46. The molecule has 8 atom stereocenters. The van der Waals surface area contributed by atoms with Crippen LogP contribution in [0.5, 0.6) is 0 Å². The maximum atomic E-state index is 12.6. The molecule has 3 nitrogen and oxygen atoms in total. The van der Waals surface area contributed by atoms with Crippen LogP contribution in [0.1, 0.15) is 66.2 Å². The second-order valence-electron chi connectivity index (χ2n) is 9.87. The highest BCUT2D eigenvalue weighted by molar-refractivity contribution is 5.77. The van der Waals surface area contributed by atoms with Crippen LogP contribution in [0, 0.1) is 40.4 Å². The van der Waals surface area contributed by atoms with Crippen molar-refractivity contribution in [3.05, 3.63) is 0 Å². The van der Waals surface area contributed by atoms with E-state index in [-0.39, 0.29) is 16.8 Å². The molecule has 0 aromatic rings. The van der Waals surface area contributed by atoms with Gasteiger partial charge in [-0.2, -0.15) is 0 Å². The Morgan fingerprint density at radius 3 is 2.58 bits per heavy atom. The van der Waals surface area contributed by atoms with E-state index in [0.717, 1.165) is 30.6 Å². The maximum absolute atomic E-state index is 12.6. The summed E-state index contributed by atoms with van der Waals surface area (Å²) >= 11 is 0. The first-order valence-electron chi connectivity index (χ1n) is 10.1. The molecule has 4 fully saturated rings. The molecule has 1 aliphatic heterocycles. The summed E-state index contributed by atoms with van der Waals surface area (Å²) in [5.74, 6) is 3.43. The molecule has 0 spiro atoms. The second-order valence-corrected chi connectivity index (χ2v) is 9.87. The number of hydrogen-bond acceptors (Lipinski definition) is 3. The lowest BCUT2D eigenvalue weighted by Crippen LogP contribution is -2.59. The predicted molar refractivity (Wildman–Crippen MR) is 93.4 cm³/mol. The zero-order valence-corrected chi connectivity index (χ0v) is 16.0. The smallest absolute Gasteiger partial charge is 0.311 e. The zero-order valence-electron chi connectivity index (χ0n) is 16.0. The van der Waals surface area contributed by atoms with Gasteiger partial charge in [-0.1, -0.05) is 20.8 Å². The van der Waals surface area contributed by atoms with Crippen LogP contribution in [0.3, 0.4) is 0 Å². The van der Waals surface area contributed by atoms with Gasteiger partial charge in [0.05, 0.1) is 24.7 Å². The lowest BCUT2D eigenvalue weighted by Gasteiger charge is -2.59. The Bertz CT molecular complexity index is 529. The SMILES string of the molecule is COC(=O)[C@]1(C)CCC2OC3CC(C(C)C)C[C@@H]4CC[C@@H]1[C@@]2(C)[C@@H]34. The molecule has 1 saturated heterocycles. The van der Waals surface area contributed by atoms with E-state index < -0.39 is 0 Å². The van der Waals surface area contributed by atoms with Crippen LogP contribution in [0.15, 0.2) is 0 Å². The van der Waals surface area contributed by atoms with Crippen molar-refractivity contribution in [2.45, 2.75) is 78.4 Å². The van der Waals surface area contributed by atoms with Crippen molar-refractivity contribution < 1.29 is 14.3 Å². The van der Waals surface area contributed by atoms with E-state index in [2.05, 4.69) is 27.7 Å². The third-order valence-corrected chi connectivity index (χ3v) is 8.67. The molecule has 3 unspecified atom stereocenters. The molecule has 0 bridgehead atoms. The Hall–Kier alpha value is -0.570. The van der Waals surface area contributed by atoms with E-state index >= 15 is 0 Å². The molecule has 1 heterocycles. The third kappa shape index (κ3) is 2.03. The monoisotopic (exact) mass is 334 g/mol. The summed E-state index contributed by atoms with van der Waals surface area (Å²) in [5, 5.41) is 0. The van der Waals surface area contributed by atoms with E-state index in [9.17, 15) is 4.79 Å². The summed E-state index contributed by atoms with van der Waals surface area (Å²) in [4.78, 5) is 12.6. The molecule has 4 rings (SSSR count). The van der Waals surface area contributed by atoms with Crippen LogP contribution >= 0.6 is 0 Å². The number of carbonyl (C=O) groups excluding carboxylic acids is 1. The largest absolute Gasteiger partial charge is 0.469 e. The first kappa shape index (κ1) is 16.9. The van der Waals surface area contributed by atoms with Crippen molar-refractivity contribution in [2.75, 3.05) is 7.11 Å². The van der Waals surface area contributed by atoms with Gasteiger partial charge >= 0.3 is 5.97 Å². The quantitative estimate of drug-likeness (QED) is 0.700. The van der Waals surface area contributed by atoms with E-state index in [1.54, 1.807) is 7.11 Å². The minimum absolute atomic E-state index is 0.00458. The highest BCUT2D eigenvalue weighted by Crippen LogP contribution is 2.69. The topological polar surface area (TPSA) is 35.5 Å². The normalized spacial score (nSPS) is 52.9. The molecule has 3 saturated carbocycles. The van der Waals surface area contributed by atoms with Crippen molar-refractivity contribution in [2.24, 2.45) is 40.4 Å². The van der Waals surface area contributed by atoms with Gasteiger partial charge in [-0.3, -0.25) is 4.79 Å². The zero-order chi connectivity index (χ0) is 17.3. The average Bonchev–Trinajstić information content (AvgIpc) is 2.85. The standard InChI is InChI=1S/C21H34O3/c1-12(2)14-10-13-6-7-16-20(3,19(22)23-5)9-8-17-21(16,4)18(13)15(11-14)24-17/h12-18H,6-11H2,1-5H3/t13-,14?,15?,16-,17?,18+,20+,21+/m0/s1. The van der Waals surface area contributed by atoms with Crippen LogP contribution in [-0.2, 0) is 14.3 Å². The van der Waals surface area contributed by atoms with Gasteiger partial charge in [0, 0.05) is 5.41 Å². The van der Waals surface area contributed by atoms with Crippen LogP contribution in [-0.4, -0.2) is 25.3 Å². The number of carbonyl (C=O) groups is 1. The number of methoxy groups -OCH3 is 1. The summed E-state index contributed by atoms with van der Waals surface area (Å²) in [6.45, 7) is 9.36. The van der Waals surface area contributed by atoms with E-state index in [1.807, 2.05) is 0 Å². The third-order valence-electron chi connectivity index (χ3n) is 8.67. The number of esters is 1. The summed E-state index contributed by atoms with van der Waals surface area (Å²) in [5.41, 5.74) is -0.158. The molecule has 0 aromatic carbocycles. The van der Waals surface area contributed by atoms with Gasteiger partial charge in [0.1, 0.15) is 0 Å². The fraction of sp³-hybridized carbons (Fsp3) is 0.952. The molecule has 3 aliphatic carbocycles. The van der Waals surface area contributed by atoms with Crippen molar-refractivity contribution >= 4 is 5.97 Å². The van der Waals surface area contributed by atoms with E-state index in [0.29, 0.717) is 24.0 Å². The predicted octanol–water partition coefficient (Wildman–Crippen LogP) is 4.44. The van der Waals surface area contributed by atoms with Crippen molar-refractivity contribution in [3.8, 4) is 0 Å². The van der Waals surface area contributed by atoms with Gasteiger partial charge < -0.3 is 9.47 Å². The van der Waals surface area contributed by atoms with Crippen molar-refractivity contribution in [1.29, 1.82) is 0 Å². The van der Waals surface area contributed by atoms with Crippen LogP contribution in [0.25, 0.3) is 0 Å². The molecule has 0 aromatic heterocycles. The highest BCUT2D eigenvalue weighted by atomic mass is 16.5. The Morgan fingerprint density at radius 2 is 1.92 bits per heavy atom. The Morgan fingerprint density at radius 1 is 1.17 bits per heavy atom. The van der Waals surface area contributed by atoms with Gasteiger partial charge in [0.15, 0.2) is 0 Å². The number of hydrogen-bond donors (Lipinski definition) is 0. The molecule has 0 radical (unpaired) electrons. The van der Waals surface area contributed by atoms with Gasteiger partial charge in [-0.05, 0) is 75.0 Å². The summed E-state index contributed by atoms with van der Waals surface area (Å²) in [6, 6.07) is 0. The minimum Gasteiger partial charge on any atom is -0.469 e. The summed E-state index contributed by atoms with van der Waals surface area (Å²) in [6.07, 6.45) is 7.75. The highest BCUT2D eigenvalue weighted by Gasteiger charge is 2.69. The molecule has 0 N–H and O–H groups in total. The molecular weight excluding hydrogens is 300 g/mol. The van der Waals surface area contributed by atoms with Crippen LogP contribution < -0.4 is 0 Å². The molecular formula is C21H34O3. The molecule has 0 amide bonds. The lowest BCUT2D eigenvalue weighted by molar-refractivity contribution is -0.176. The average molecular weight is 335 g/mol. The number of rotatable bonds is 2. The van der Waals surface area contributed by atoms with Crippen molar-refractivity contribution in [1.82, 2.24) is 0 Å². The first-order chi connectivity index (χ1) is 11.3. The van der Waals surface area contributed by atoms with Gasteiger partial charge in [-0.25, -0.2) is 0 Å². The Kier molecular flexibility index (Phi) is 3.84. The van der Waals surface area contributed by atoms with Crippen LogP contribution in [0.2, 0.25) is 0 Å². The first-order valence-corrected chi connectivity index (χ1v) is 10.1. The summed E-state index contributed by atoms with van der Waals surface area (Å²) < 4.78 is 11.9. The molecule has 24 heavy (non-hydrogen) atoms. The molecule has 4 aliphatic rings. The van der Waals surface area contributed by atoms with Gasteiger partial charge in [0.2, 0.25) is 0 Å². The lowest BCUT2D eigenvalue weighted by atomic mass is 9.43. The van der Waals surface area contributed by atoms with Crippen LogP contribution in [0.4, 0.5) is 0 Å². The van der Waals surface area contributed by atoms with E-state index in [1.165, 1.54) is 25.7 Å². The van der Waals surface area contributed by atoms with E-state index in [4.69, 9.17) is 9.47 Å². The van der Waals surface area contributed by atoms with Gasteiger partial charge in [-0.15, -0.1) is 0 Å². The summed E-state index contributed by atoms with van der Waals surface area (Å²) in [7, 11) is 1.55. The molecule has 3 heteroatoms. The Balaban J connectivity index is 1.70. The minimum atomic E-state index is -0.321. The van der Waals surface area contributed by atoms with Gasteiger partial charge in [0.25, 0.3) is 0 Å². The maximum Gasteiger partial charge on any atom is 0.311 e. The fourth-order valence-corrected chi connectivity index (χ4v) is 7.46. The Labute approximate surface area is 146 Å². The number of ether oxygens (including phenoxy) is 2. The fourth-order valence-electron chi connectivity index (χ4n) is 7.46. The van der Waals surface area contributed by atoms with Crippen molar-refractivity contribution in [3.63, 3.8) is 0 Å².